The minimum absolute atomic E-state index is 0.125. The highest BCUT2D eigenvalue weighted by molar-refractivity contribution is 7.89. The molecular formula is C22H21ClN2O4S. The Morgan fingerprint density at radius 3 is 2.33 bits per heavy atom. The molecular weight excluding hydrogens is 424 g/mol. The Morgan fingerprint density at radius 1 is 1.00 bits per heavy atom. The monoisotopic (exact) mass is 444 g/mol. The third-order valence-corrected chi connectivity index (χ3v) is 5.52. The Morgan fingerprint density at radius 2 is 1.67 bits per heavy atom. The molecule has 1 N–H and O–H groups in total. The van der Waals surface area contributed by atoms with Crippen molar-refractivity contribution in [1.29, 1.82) is 0 Å². The second kappa shape index (κ2) is 10.1. The van der Waals surface area contributed by atoms with Gasteiger partial charge in [-0.3, -0.25) is 0 Å². The minimum Gasteiger partial charge on any atom is -0.490 e. The largest absolute Gasteiger partial charge is 0.490 e. The van der Waals surface area contributed by atoms with Crippen molar-refractivity contribution in [3.8, 4) is 11.5 Å². The minimum atomic E-state index is -3.75. The van der Waals surface area contributed by atoms with Gasteiger partial charge in [0, 0.05) is 0 Å². The molecule has 30 heavy (non-hydrogen) atoms. The predicted molar refractivity (Wildman–Crippen MR) is 118 cm³/mol. The van der Waals surface area contributed by atoms with Crippen LogP contribution in [-0.2, 0) is 16.6 Å². The van der Waals surface area contributed by atoms with Crippen LogP contribution in [0.4, 0.5) is 0 Å². The average molecular weight is 445 g/mol. The van der Waals surface area contributed by atoms with Crippen molar-refractivity contribution in [2.24, 2.45) is 5.10 Å². The molecule has 0 radical (unpaired) electrons. The molecule has 0 fully saturated rings. The van der Waals surface area contributed by atoms with Crippen molar-refractivity contribution in [3.05, 3.63) is 88.9 Å². The zero-order chi connectivity index (χ0) is 21.4. The van der Waals surface area contributed by atoms with E-state index >= 15 is 0 Å². The van der Waals surface area contributed by atoms with E-state index < -0.39 is 10.0 Å². The molecule has 0 unspecified atom stereocenters. The summed E-state index contributed by atoms with van der Waals surface area (Å²) in [6, 6.07) is 21.0. The number of benzene rings is 3. The zero-order valence-corrected chi connectivity index (χ0v) is 17.9. The van der Waals surface area contributed by atoms with Crippen LogP contribution in [-0.4, -0.2) is 21.2 Å². The molecule has 3 aromatic rings. The summed E-state index contributed by atoms with van der Waals surface area (Å²) in [6.45, 7) is 2.60. The lowest BCUT2D eigenvalue weighted by Gasteiger charge is -2.14. The first-order valence-electron chi connectivity index (χ1n) is 9.22. The molecule has 3 rings (SSSR count). The molecule has 0 atom stereocenters. The topological polar surface area (TPSA) is 77.0 Å². The highest BCUT2D eigenvalue weighted by Crippen LogP contribution is 2.37. The van der Waals surface area contributed by atoms with Crippen molar-refractivity contribution < 1.29 is 17.9 Å². The molecule has 0 aliphatic carbocycles. The van der Waals surface area contributed by atoms with Gasteiger partial charge in [0.15, 0.2) is 11.5 Å². The molecule has 0 aromatic heterocycles. The Labute approximate surface area is 181 Å². The van der Waals surface area contributed by atoms with Crippen LogP contribution in [0, 0.1) is 0 Å². The van der Waals surface area contributed by atoms with Crippen LogP contribution in [0.25, 0.3) is 0 Å². The summed E-state index contributed by atoms with van der Waals surface area (Å²) in [4.78, 5) is 2.31. The highest BCUT2D eigenvalue weighted by atomic mass is 35.5. The molecule has 0 aliphatic heterocycles. The van der Waals surface area contributed by atoms with Gasteiger partial charge in [-0.2, -0.15) is 13.5 Å². The number of nitrogens with one attached hydrogen (secondary N) is 1. The van der Waals surface area contributed by atoms with Crippen molar-refractivity contribution in [2.45, 2.75) is 18.4 Å². The molecule has 156 valence electrons. The van der Waals surface area contributed by atoms with Crippen LogP contribution in [0.2, 0.25) is 5.02 Å². The highest BCUT2D eigenvalue weighted by Gasteiger charge is 2.14. The maximum absolute atomic E-state index is 12.2. The van der Waals surface area contributed by atoms with E-state index in [-0.39, 0.29) is 4.90 Å². The van der Waals surface area contributed by atoms with Crippen LogP contribution in [0.5, 0.6) is 11.5 Å². The van der Waals surface area contributed by atoms with Crippen molar-refractivity contribution in [1.82, 2.24) is 4.83 Å². The van der Waals surface area contributed by atoms with Gasteiger partial charge in [-0.1, -0.05) is 60.1 Å². The van der Waals surface area contributed by atoms with Gasteiger partial charge in [0.25, 0.3) is 10.0 Å². The molecule has 8 heteroatoms. The standard InChI is InChI=1S/C22H21ClN2O4S/c1-2-28-21-14-18(15-24-25-30(26,27)19-11-7-4-8-12-19)13-20(23)22(21)29-16-17-9-5-3-6-10-17/h3-15,25H,2,16H2,1H3/b24-15-. The lowest BCUT2D eigenvalue weighted by atomic mass is 10.2. The summed E-state index contributed by atoms with van der Waals surface area (Å²) >= 11 is 6.40. The number of nitrogens with zero attached hydrogens (tertiary/aromatic N) is 1. The van der Waals surface area contributed by atoms with Gasteiger partial charge in [0.1, 0.15) is 6.61 Å². The SMILES string of the molecule is CCOc1cc(/C=N\NS(=O)(=O)c2ccccc2)cc(Cl)c1OCc1ccccc1. The van der Waals surface area contributed by atoms with Crippen LogP contribution < -0.4 is 14.3 Å². The number of hydrogen-bond acceptors (Lipinski definition) is 5. The van der Waals surface area contributed by atoms with Gasteiger partial charge in [0.05, 0.1) is 22.7 Å². The Balaban J connectivity index is 1.76. The second-order valence-electron chi connectivity index (χ2n) is 6.20. The van der Waals surface area contributed by atoms with Gasteiger partial charge >= 0.3 is 0 Å². The van der Waals surface area contributed by atoms with E-state index in [9.17, 15) is 8.42 Å². The molecule has 0 spiro atoms. The number of sulfonamides is 1. The summed E-state index contributed by atoms with van der Waals surface area (Å²) in [5.74, 6) is 0.873. The van der Waals surface area contributed by atoms with E-state index in [4.69, 9.17) is 21.1 Å². The maximum atomic E-state index is 12.2. The molecule has 0 bridgehead atoms. The third kappa shape index (κ3) is 5.75. The van der Waals surface area contributed by atoms with Crippen molar-refractivity contribution in [2.75, 3.05) is 6.61 Å². The lowest BCUT2D eigenvalue weighted by Crippen LogP contribution is -2.18. The van der Waals surface area contributed by atoms with Crippen molar-refractivity contribution in [3.63, 3.8) is 0 Å². The van der Waals surface area contributed by atoms with E-state index in [2.05, 4.69) is 9.93 Å². The summed E-state index contributed by atoms with van der Waals surface area (Å²) in [5.41, 5.74) is 1.56. The summed E-state index contributed by atoms with van der Waals surface area (Å²) < 4.78 is 36.0. The number of hydrazone groups is 1. The van der Waals surface area contributed by atoms with E-state index in [1.165, 1.54) is 18.3 Å². The summed E-state index contributed by atoms with van der Waals surface area (Å²) in [5, 5.41) is 4.17. The Bertz CT molecular complexity index is 1100. The molecule has 3 aromatic carbocycles. The number of halogens is 1. The number of hydrogen-bond donors (Lipinski definition) is 1. The first-order valence-corrected chi connectivity index (χ1v) is 11.1. The third-order valence-electron chi connectivity index (χ3n) is 4.00. The van der Waals surface area contributed by atoms with E-state index in [1.807, 2.05) is 37.3 Å². The van der Waals surface area contributed by atoms with Crippen LogP contribution >= 0.6 is 11.6 Å². The summed E-state index contributed by atoms with van der Waals surface area (Å²) in [7, 11) is -3.75. The van der Waals surface area contributed by atoms with E-state index in [0.717, 1.165) is 5.56 Å². The van der Waals surface area contributed by atoms with Crippen molar-refractivity contribution >= 4 is 27.8 Å². The van der Waals surface area contributed by atoms with Crippen LogP contribution in [0.15, 0.2) is 82.8 Å². The predicted octanol–water partition coefficient (Wildman–Crippen LogP) is 4.63. The number of rotatable bonds is 9. The molecule has 6 nitrogen and oxygen atoms in total. The van der Waals surface area contributed by atoms with Crippen LogP contribution in [0.3, 0.4) is 0 Å². The van der Waals surface area contributed by atoms with Gasteiger partial charge in [0.2, 0.25) is 0 Å². The number of ether oxygens (including phenoxy) is 2. The van der Waals surface area contributed by atoms with E-state index in [0.29, 0.717) is 35.3 Å². The summed E-state index contributed by atoms with van der Waals surface area (Å²) in [6.07, 6.45) is 1.36. The fourth-order valence-electron chi connectivity index (χ4n) is 2.62. The maximum Gasteiger partial charge on any atom is 0.276 e. The van der Waals surface area contributed by atoms with Crippen LogP contribution in [0.1, 0.15) is 18.1 Å². The molecule has 0 heterocycles. The molecule has 0 amide bonds. The fraction of sp³-hybridized carbons (Fsp3) is 0.136. The van der Waals surface area contributed by atoms with Gasteiger partial charge in [-0.05, 0) is 42.3 Å². The van der Waals surface area contributed by atoms with Gasteiger partial charge in [-0.25, -0.2) is 4.83 Å². The van der Waals surface area contributed by atoms with Gasteiger partial charge < -0.3 is 9.47 Å². The zero-order valence-electron chi connectivity index (χ0n) is 16.3. The van der Waals surface area contributed by atoms with Gasteiger partial charge in [-0.15, -0.1) is 0 Å². The smallest absolute Gasteiger partial charge is 0.276 e. The molecule has 0 aliphatic rings. The quantitative estimate of drug-likeness (QED) is 0.385. The Hall–Kier alpha value is -3.03. The average Bonchev–Trinajstić information content (AvgIpc) is 2.75. The fourth-order valence-corrected chi connectivity index (χ4v) is 3.70. The Kier molecular flexibility index (Phi) is 7.32. The normalized spacial score (nSPS) is 11.4. The first-order chi connectivity index (χ1) is 14.5. The first kappa shape index (κ1) is 21.7. The molecule has 0 saturated heterocycles. The second-order valence-corrected chi connectivity index (χ2v) is 8.27. The molecule has 0 saturated carbocycles. The van der Waals surface area contributed by atoms with E-state index in [1.54, 1.807) is 30.3 Å². The lowest BCUT2D eigenvalue weighted by molar-refractivity contribution is 0.269.